The molecule has 1 atom stereocenters. The first kappa shape index (κ1) is 19.8. The molecule has 0 aliphatic carbocycles. The molecule has 0 fully saturated rings. The number of fused-ring (bicyclic) bond motifs is 7. The number of aryl methyl sites for hydroxylation is 2. The Bertz CT molecular complexity index is 1400. The summed E-state index contributed by atoms with van der Waals surface area (Å²) in [6, 6.07) is 12.3. The molecule has 0 unspecified atom stereocenters. The number of rotatable bonds is 0. The van der Waals surface area contributed by atoms with E-state index in [0.717, 1.165) is 39.1 Å². The number of nitrogens with two attached hydrogens (primary N) is 1. The van der Waals surface area contributed by atoms with Crippen molar-refractivity contribution in [1.82, 2.24) is 19.5 Å². The van der Waals surface area contributed by atoms with E-state index in [-0.39, 0.29) is 6.10 Å². The van der Waals surface area contributed by atoms with Crippen molar-refractivity contribution in [1.29, 1.82) is 5.26 Å². The zero-order valence-corrected chi connectivity index (χ0v) is 18.1. The van der Waals surface area contributed by atoms with Crippen molar-refractivity contribution < 1.29 is 4.74 Å². The van der Waals surface area contributed by atoms with Crippen molar-refractivity contribution in [2.75, 3.05) is 5.73 Å². The van der Waals surface area contributed by atoms with Gasteiger partial charge in [0.1, 0.15) is 12.2 Å². The van der Waals surface area contributed by atoms with Crippen LogP contribution in [0.15, 0.2) is 49.1 Å². The summed E-state index contributed by atoms with van der Waals surface area (Å²) >= 11 is 0. The van der Waals surface area contributed by atoms with E-state index in [1.807, 2.05) is 29.8 Å². The maximum absolute atomic E-state index is 9.69. The molecule has 5 rings (SSSR count). The van der Waals surface area contributed by atoms with Gasteiger partial charge in [0.15, 0.2) is 17.3 Å². The van der Waals surface area contributed by atoms with Gasteiger partial charge in [-0.1, -0.05) is 23.8 Å². The highest BCUT2D eigenvalue weighted by atomic mass is 16.5. The number of ether oxygens (including phenoxy) is 1. The van der Waals surface area contributed by atoms with Gasteiger partial charge in [-0.05, 0) is 38.5 Å². The predicted molar refractivity (Wildman–Crippen MR) is 122 cm³/mol. The fraction of sp³-hybridized carbons (Fsp3) is 0.200. The number of nitrogen functional groups attached to an aromatic ring is 1. The normalized spacial score (nSPS) is 14.6. The largest absolute Gasteiger partial charge is 0.482 e. The van der Waals surface area contributed by atoms with Gasteiger partial charge in [0.05, 0.1) is 24.3 Å². The quantitative estimate of drug-likeness (QED) is 0.445. The second-order valence-electron chi connectivity index (χ2n) is 8.09. The van der Waals surface area contributed by atoms with Gasteiger partial charge in [0.2, 0.25) is 0 Å². The Labute approximate surface area is 186 Å². The fourth-order valence-corrected chi connectivity index (χ4v) is 4.24. The first-order valence-corrected chi connectivity index (χ1v) is 10.4. The highest BCUT2D eigenvalue weighted by molar-refractivity contribution is 5.72. The number of aromatic nitrogens is 4. The lowest BCUT2D eigenvalue weighted by Gasteiger charge is -2.23. The lowest BCUT2D eigenvalue weighted by molar-refractivity contribution is 0.228. The van der Waals surface area contributed by atoms with Crippen molar-refractivity contribution in [2.45, 2.75) is 33.4 Å². The number of pyridine rings is 2. The number of nitrogens with zero attached hydrogens (tertiary/aromatic N) is 5. The molecule has 1 aliphatic heterocycles. The molecule has 7 nitrogen and oxygen atoms in total. The van der Waals surface area contributed by atoms with Gasteiger partial charge in [-0.2, -0.15) is 5.26 Å². The monoisotopic (exact) mass is 422 g/mol. The molecular weight excluding hydrogens is 400 g/mol. The third-order valence-electron chi connectivity index (χ3n) is 5.92. The number of benzene rings is 1. The van der Waals surface area contributed by atoms with Gasteiger partial charge in [-0.25, -0.2) is 9.97 Å². The van der Waals surface area contributed by atoms with Crippen molar-refractivity contribution in [3.8, 4) is 34.3 Å². The lowest BCUT2D eigenvalue weighted by Crippen LogP contribution is -2.12. The zero-order chi connectivity index (χ0) is 22.4. The van der Waals surface area contributed by atoms with Crippen LogP contribution in [0.2, 0.25) is 0 Å². The Morgan fingerprint density at radius 1 is 1.16 bits per heavy atom. The minimum Gasteiger partial charge on any atom is -0.482 e. The summed E-state index contributed by atoms with van der Waals surface area (Å²) in [5.74, 6) is 0.767. The number of nitriles is 1. The predicted octanol–water partition coefficient (Wildman–Crippen LogP) is 4.58. The minimum atomic E-state index is -0.292. The molecule has 1 aromatic carbocycles. The van der Waals surface area contributed by atoms with Crippen LogP contribution in [-0.4, -0.2) is 19.5 Å². The van der Waals surface area contributed by atoms with E-state index in [9.17, 15) is 5.26 Å². The van der Waals surface area contributed by atoms with Gasteiger partial charge in [-0.3, -0.25) is 4.98 Å². The Balaban J connectivity index is 1.85. The maximum atomic E-state index is 9.69. The van der Waals surface area contributed by atoms with Crippen LogP contribution in [0, 0.1) is 25.2 Å². The highest BCUT2D eigenvalue weighted by Gasteiger charge is 2.23. The third-order valence-corrected chi connectivity index (χ3v) is 5.92. The first-order valence-electron chi connectivity index (χ1n) is 10.4. The molecule has 4 heterocycles. The van der Waals surface area contributed by atoms with E-state index in [0.29, 0.717) is 29.5 Å². The molecular formula is C25H22N6O. The van der Waals surface area contributed by atoms with Crippen LogP contribution in [0.3, 0.4) is 0 Å². The van der Waals surface area contributed by atoms with Crippen LogP contribution in [-0.2, 0) is 6.54 Å². The molecule has 3 aromatic heterocycles. The van der Waals surface area contributed by atoms with Crippen LogP contribution in [0.4, 0.5) is 5.82 Å². The average molecular weight is 422 g/mol. The molecule has 2 N–H and O–H groups in total. The third kappa shape index (κ3) is 3.17. The molecule has 32 heavy (non-hydrogen) atoms. The summed E-state index contributed by atoms with van der Waals surface area (Å²) < 4.78 is 8.28. The van der Waals surface area contributed by atoms with Gasteiger partial charge in [0, 0.05) is 34.6 Å². The summed E-state index contributed by atoms with van der Waals surface area (Å²) in [5, 5.41) is 9.69. The van der Waals surface area contributed by atoms with Crippen molar-refractivity contribution >= 4 is 5.82 Å². The zero-order valence-electron chi connectivity index (χ0n) is 18.1. The maximum Gasteiger partial charge on any atom is 0.166 e. The average Bonchev–Trinajstić information content (AvgIpc) is 3.18. The standard InChI is InChI=1S/C25H22N6O/c1-14-4-5-18-19(8-14)16(3)32-22-9-17(11-29-25(22)27)24-21(10-26)30-13-31(24)12-20-15(2)6-7-28-23(18)20/h4-9,11,13,16H,12H2,1-3H3,(H2,27,29)/t16-/m1/s1. The highest BCUT2D eigenvalue weighted by Crippen LogP contribution is 2.38. The molecule has 7 heteroatoms. The Kier molecular flexibility index (Phi) is 4.63. The SMILES string of the molecule is Cc1ccc2c(c1)[C@@H](C)Oc1cc(cnc1N)-c1c(C#N)ncn1Cc1c(C)ccnc1-2. The minimum absolute atomic E-state index is 0.292. The summed E-state index contributed by atoms with van der Waals surface area (Å²) in [7, 11) is 0. The van der Waals surface area contributed by atoms with Gasteiger partial charge < -0.3 is 15.0 Å². The van der Waals surface area contributed by atoms with Gasteiger partial charge >= 0.3 is 0 Å². The van der Waals surface area contributed by atoms with E-state index in [2.05, 4.69) is 48.1 Å². The summed E-state index contributed by atoms with van der Waals surface area (Å²) in [4.78, 5) is 13.4. The van der Waals surface area contributed by atoms with Crippen LogP contribution in [0.1, 0.15) is 41.0 Å². The number of hydrogen-bond acceptors (Lipinski definition) is 6. The molecule has 158 valence electrons. The van der Waals surface area contributed by atoms with E-state index in [1.165, 1.54) is 0 Å². The number of imidazole rings is 1. The van der Waals surface area contributed by atoms with Gasteiger partial charge in [0.25, 0.3) is 0 Å². The second kappa shape index (κ2) is 7.50. The van der Waals surface area contributed by atoms with E-state index < -0.39 is 0 Å². The molecule has 4 aromatic rings. The molecule has 0 amide bonds. The lowest BCUT2D eigenvalue weighted by atomic mass is 9.93. The molecule has 1 aliphatic rings. The smallest absolute Gasteiger partial charge is 0.166 e. The Morgan fingerprint density at radius 2 is 2.00 bits per heavy atom. The fourth-order valence-electron chi connectivity index (χ4n) is 4.24. The number of anilines is 1. The van der Waals surface area contributed by atoms with E-state index >= 15 is 0 Å². The Morgan fingerprint density at radius 3 is 2.81 bits per heavy atom. The molecule has 2 bridgehead atoms. The van der Waals surface area contributed by atoms with Crippen LogP contribution in [0.25, 0.3) is 22.5 Å². The molecule has 0 saturated heterocycles. The van der Waals surface area contributed by atoms with Gasteiger partial charge in [-0.15, -0.1) is 0 Å². The summed E-state index contributed by atoms with van der Waals surface area (Å²) in [5.41, 5.74) is 14.1. The topological polar surface area (TPSA) is 103 Å². The van der Waals surface area contributed by atoms with E-state index in [4.69, 9.17) is 15.5 Å². The van der Waals surface area contributed by atoms with Crippen LogP contribution in [0.5, 0.6) is 5.75 Å². The molecule has 0 spiro atoms. The van der Waals surface area contributed by atoms with Crippen molar-refractivity contribution in [3.05, 3.63) is 77.0 Å². The van der Waals surface area contributed by atoms with Crippen molar-refractivity contribution in [2.24, 2.45) is 0 Å². The summed E-state index contributed by atoms with van der Waals surface area (Å²) in [6.45, 7) is 6.65. The van der Waals surface area contributed by atoms with Crippen LogP contribution < -0.4 is 10.5 Å². The Hall–Kier alpha value is -4.18. The molecule has 0 radical (unpaired) electrons. The summed E-state index contributed by atoms with van der Waals surface area (Å²) in [6.07, 6.45) is 4.88. The number of hydrogen-bond donors (Lipinski definition) is 1. The first-order chi connectivity index (χ1) is 15.5. The van der Waals surface area contributed by atoms with Crippen LogP contribution >= 0.6 is 0 Å². The second-order valence-corrected chi connectivity index (χ2v) is 8.09. The molecule has 0 saturated carbocycles. The van der Waals surface area contributed by atoms with Crippen molar-refractivity contribution in [3.63, 3.8) is 0 Å². The van der Waals surface area contributed by atoms with E-state index in [1.54, 1.807) is 12.5 Å².